The van der Waals surface area contributed by atoms with Gasteiger partial charge in [-0.15, -0.1) is 0 Å². The van der Waals surface area contributed by atoms with E-state index < -0.39 is 5.54 Å². The lowest BCUT2D eigenvalue weighted by molar-refractivity contribution is -0.154. The number of nitrogens with one attached hydrogen (secondary N) is 1. The largest absolute Gasteiger partial charge is 0.465 e. The van der Waals surface area contributed by atoms with Gasteiger partial charge in [-0.25, -0.2) is 4.79 Å². The van der Waals surface area contributed by atoms with Crippen molar-refractivity contribution < 1.29 is 23.7 Å². The Hall–Kier alpha value is -0.690. The number of methoxy groups -OCH3 is 1. The fourth-order valence-corrected chi connectivity index (χ4v) is 1.73. The number of hydrogen-bond donors (Lipinski definition) is 1. The molecule has 0 aliphatic heterocycles. The first-order chi connectivity index (χ1) is 9.46. The Labute approximate surface area is 122 Å². The summed E-state index contributed by atoms with van der Waals surface area (Å²) < 4.78 is 20.8. The van der Waals surface area contributed by atoms with E-state index in [2.05, 4.69) is 5.32 Å². The third-order valence-corrected chi connectivity index (χ3v) is 2.53. The molecule has 1 atom stereocenters. The summed E-state index contributed by atoms with van der Waals surface area (Å²) in [6, 6.07) is 0.158. The van der Waals surface area contributed by atoms with E-state index in [1.165, 1.54) is 0 Å². The first kappa shape index (κ1) is 19.3. The Balaban J connectivity index is 4.07. The lowest BCUT2D eigenvalue weighted by Gasteiger charge is -2.30. The summed E-state index contributed by atoms with van der Waals surface area (Å²) >= 11 is 0. The molecule has 0 amide bonds. The van der Waals surface area contributed by atoms with Gasteiger partial charge in [-0.2, -0.15) is 0 Å². The normalized spacial score (nSPS) is 14.3. The molecule has 0 spiro atoms. The first-order valence-electron chi connectivity index (χ1n) is 7.05. The third-order valence-electron chi connectivity index (χ3n) is 2.53. The van der Waals surface area contributed by atoms with E-state index >= 15 is 0 Å². The van der Waals surface area contributed by atoms with Gasteiger partial charge in [0.15, 0.2) is 0 Å². The van der Waals surface area contributed by atoms with Crippen molar-refractivity contribution in [2.24, 2.45) is 0 Å². The highest BCUT2D eigenvalue weighted by molar-refractivity contribution is 5.80. The SMILES string of the molecule is CCOC(=O)C(C)(COCCOCCOC)NC(C)C. The van der Waals surface area contributed by atoms with Crippen LogP contribution in [-0.4, -0.2) is 64.3 Å². The number of carbonyl (C=O) groups excluding carboxylic acids is 1. The predicted octanol–water partition coefficient (Wildman–Crippen LogP) is 0.986. The molecule has 0 aliphatic rings. The Morgan fingerprint density at radius 1 is 1.15 bits per heavy atom. The van der Waals surface area contributed by atoms with E-state index in [4.69, 9.17) is 18.9 Å². The number of ether oxygens (including phenoxy) is 4. The summed E-state index contributed by atoms with van der Waals surface area (Å²) in [6.07, 6.45) is 0. The van der Waals surface area contributed by atoms with Crippen LogP contribution in [0.4, 0.5) is 0 Å². The second kappa shape index (κ2) is 11.0. The van der Waals surface area contributed by atoms with Crippen molar-refractivity contribution in [2.45, 2.75) is 39.3 Å². The molecule has 0 heterocycles. The van der Waals surface area contributed by atoms with Gasteiger partial charge in [-0.1, -0.05) is 0 Å². The van der Waals surface area contributed by atoms with Crippen LogP contribution in [0.5, 0.6) is 0 Å². The van der Waals surface area contributed by atoms with Crippen LogP contribution in [-0.2, 0) is 23.7 Å². The molecule has 1 N–H and O–H groups in total. The van der Waals surface area contributed by atoms with E-state index in [9.17, 15) is 4.79 Å². The van der Waals surface area contributed by atoms with E-state index in [1.54, 1.807) is 21.0 Å². The minimum Gasteiger partial charge on any atom is -0.465 e. The van der Waals surface area contributed by atoms with E-state index in [0.717, 1.165) is 0 Å². The van der Waals surface area contributed by atoms with E-state index in [-0.39, 0.29) is 18.6 Å². The first-order valence-corrected chi connectivity index (χ1v) is 7.05. The molecule has 6 heteroatoms. The second-order valence-corrected chi connectivity index (χ2v) is 5.01. The van der Waals surface area contributed by atoms with Gasteiger partial charge in [0.05, 0.1) is 39.6 Å². The van der Waals surface area contributed by atoms with E-state index in [0.29, 0.717) is 33.0 Å². The van der Waals surface area contributed by atoms with Crippen LogP contribution in [0, 0.1) is 0 Å². The molecule has 0 fully saturated rings. The van der Waals surface area contributed by atoms with Gasteiger partial charge < -0.3 is 18.9 Å². The maximum absolute atomic E-state index is 12.0. The lowest BCUT2D eigenvalue weighted by Crippen LogP contribution is -2.56. The Morgan fingerprint density at radius 2 is 1.75 bits per heavy atom. The number of carbonyl (C=O) groups is 1. The van der Waals surface area contributed by atoms with Gasteiger partial charge in [-0.05, 0) is 27.7 Å². The van der Waals surface area contributed by atoms with Crippen molar-refractivity contribution in [3.63, 3.8) is 0 Å². The fourth-order valence-electron chi connectivity index (χ4n) is 1.73. The number of esters is 1. The molecule has 0 aromatic rings. The predicted molar refractivity (Wildman–Crippen MR) is 76.8 cm³/mol. The Bertz CT molecular complexity index is 260. The summed E-state index contributed by atoms with van der Waals surface area (Å²) in [5.74, 6) is -0.297. The van der Waals surface area contributed by atoms with Crippen LogP contribution < -0.4 is 5.32 Å². The van der Waals surface area contributed by atoms with Crippen LogP contribution in [0.2, 0.25) is 0 Å². The monoisotopic (exact) mass is 291 g/mol. The third kappa shape index (κ3) is 8.47. The highest BCUT2D eigenvalue weighted by atomic mass is 16.6. The zero-order valence-electron chi connectivity index (χ0n) is 13.4. The maximum atomic E-state index is 12.0. The molecule has 0 aliphatic carbocycles. The van der Waals surface area contributed by atoms with Gasteiger partial charge in [0.1, 0.15) is 5.54 Å². The molecular weight excluding hydrogens is 262 g/mol. The van der Waals surface area contributed by atoms with Gasteiger partial charge in [-0.3, -0.25) is 5.32 Å². The molecular formula is C14H29NO5. The van der Waals surface area contributed by atoms with E-state index in [1.807, 2.05) is 13.8 Å². The van der Waals surface area contributed by atoms with Crippen molar-refractivity contribution in [3.05, 3.63) is 0 Å². The van der Waals surface area contributed by atoms with Crippen LogP contribution >= 0.6 is 0 Å². The molecule has 0 saturated carbocycles. The Kier molecular flexibility index (Phi) is 10.6. The molecule has 0 aromatic carbocycles. The minimum absolute atomic E-state index is 0.158. The molecule has 6 nitrogen and oxygen atoms in total. The van der Waals surface area contributed by atoms with Crippen molar-refractivity contribution in [3.8, 4) is 0 Å². The lowest BCUT2D eigenvalue weighted by atomic mass is 10.0. The van der Waals surface area contributed by atoms with Crippen LogP contribution in [0.25, 0.3) is 0 Å². The highest BCUT2D eigenvalue weighted by Gasteiger charge is 2.35. The zero-order chi connectivity index (χ0) is 15.4. The Morgan fingerprint density at radius 3 is 2.30 bits per heavy atom. The summed E-state index contributed by atoms with van der Waals surface area (Å²) in [6.45, 7) is 10.1. The molecule has 0 saturated heterocycles. The quantitative estimate of drug-likeness (QED) is 0.427. The van der Waals surface area contributed by atoms with Crippen molar-refractivity contribution in [1.82, 2.24) is 5.32 Å². The average Bonchev–Trinajstić information content (AvgIpc) is 2.37. The van der Waals surface area contributed by atoms with Crippen LogP contribution in [0.1, 0.15) is 27.7 Å². The highest BCUT2D eigenvalue weighted by Crippen LogP contribution is 2.09. The minimum atomic E-state index is -0.837. The summed E-state index contributed by atoms with van der Waals surface area (Å²) in [5.41, 5.74) is -0.837. The zero-order valence-corrected chi connectivity index (χ0v) is 13.4. The van der Waals surface area contributed by atoms with Gasteiger partial charge in [0, 0.05) is 13.2 Å². The molecule has 0 rings (SSSR count). The molecule has 0 radical (unpaired) electrons. The van der Waals surface area contributed by atoms with Gasteiger partial charge in [0.2, 0.25) is 0 Å². The number of hydrogen-bond acceptors (Lipinski definition) is 6. The molecule has 0 bridgehead atoms. The second-order valence-electron chi connectivity index (χ2n) is 5.01. The van der Waals surface area contributed by atoms with Gasteiger partial charge in [0.25, 0.3) is 0 Å². The molecule has 120 valence electrons. The topological polar surface area (TPSA) is 66.0 Å². The van der Waals surface area contributed by atoms with Crippen molar-refractivity contribution in [2.75, 3.05) is 46.8 Å². The summed E-state index contributed by atoms with van der Waals surface area (Å²) in [5, 5.41) is 3.19. The van der Waals surface area contributed by atoms with Gasteiger partial charge >= 0.3 is 5.97 Å². The molecule has 20 heavy (non-hydrogen) atoms. The molecule has 1 unspecified atom stereocenters. The average molecular weight is 291 g/mol. The maximum Gasteiger partial charge on any atom is 0.328 e. The fraction of sp³-hybridized carbons (Fsp3) is 0.929. The number of rotatable bonds is 12. The smallest absolute Gasteiger partial charge is 0.328 e. The van der Waals surface area contributed by atoms with Crippen molar-refractivity contribution >= 4 is 5.97 Å². The summed E-state index contributed by atoms with van der Waals surface area (Å²) in [4.78, 5) is 12.0. The van der Waals surface area contributed by atoms with Crippen molar-refractivity contribution in [1.29, 1.82) is 0 Å². The van der Waals surface area contributed by atoms with Crippen LogP contribution in [0.15, 0.2) is 0 Å². The standard InChI is InChI=1S/C14H29NO5/c1-6-20-13(16)14(4,15-12(2)3)11-19-10-9-18-8-7-17-5/h12,15H,6-11H2,1-5H3. The molecule has 0 aromatic heterocycles. The van der Waals surface area contributed by atoms with Crippen LogP contribution in [0.3, 0.4) is 0 Å². The summed E-state index contributed by atoms with van der Waals surface area (Å²) in [7, 11) is 1.63.